The molecule has 2 aromatic carbocycles. The summed E-state index contributed by atoms with van der Waals surface area (Å²) in [5, 5.41) is 23.0. The molecule has 0 heterocycles. The lowest BCUT2D eigenvalue weighted by atomic mass is 10.1. The van der Waals surface area contributed by atoms with Crippen molar-refractivity contribution in [1.29, 1.82) is 0 Å². The van der Waals surface area contributed by atoms with Crippen LogP contribution in [0.15, 0.2) is 54.6 Å². The number of rotatable bonds is 10. The van der Waals surface area contributed by atoms with Crippen LogP contribution in [0.1, 0.15) is 35.7 Å². The van der Waals surface area contributed by atoms with Gasteiger partial charge in [-0.2, -0.15) is 0 Å². The number of urea groups is 1. The monoisotopic (exact) mass is 428 g/mol. The van der Waals surface area contributed by atoms with Gasteiger partial charge in [0.2, 0.25) is 0 Å². The molecule has 0 radical (unpaired) electrons. The van der Waals surface area contributed by atoms with Gasteiger partial charge in [-0.3, -0.25) is 0 Å². The van der Waals surface area contributed by atoms with E-state index < -0.39 is 36.0 Å². The predicted molar refractivity (Wildman–Crippen MR) is 111 cm³/mol. The van der Waals surface area contributed by atoms with E-state index in [1.54, 1.807) is 49.4 Å². The van der Waals surface area contributed by atoms with Crippen LogP contribution in [0.5, 0.6) is 5.75 Å². The van der Waals surface area contributed by atoms with Gasteiger partial charge in [-0.15, -0.1) is 0 Å². The minimum atomic E-state index is -1.27. The molecule has 164 valence electrons. The number of carboxylic acid groups (broad SMARTS) is 2. The highest BCUT2D eigenvalue weighted by Crippen LogP contribution is 2.15. The largest absolute Gasteiger partial charge is 0.480 e. The molecule has 4 N–H and O–H groups in total. The molecule has 31 heavy (non-hydrogen) atoms. The van der Waals surface area contributed by atoms with Crippen LogP contribution in [0.25, 0.3) is 0 Å². The van der Waals surface area contributed by atoms with E-state index in [1.807, 2.05) is 0 Å². The molecule has 2 aromatic rings. The quantitative estimate of drug-likeness (QED) is 0.336. The molecule has 0 saturated heterocycles. The maximum Gasteiger partial charge on any atom is 0.343 e. The molecule has 0 bridgehead atoms. The van der Waals surface area contributed by atoms with Crippen molar-refractivity contribution < 1.29 is 34.1 Å². The summed E-state index contributed by atoms with van der Waals surface area (Å²) in [5.74, 6) is -2.68. The van der Waals surface area contributed by atoms with Crippen molar-refractivity contribution in [3.63, 3.8) is 0 Å². The number of hydrogen-bond donors (Lipinski definition) is 4. The molecular weight excluding hydrogens is 404 g/mol. The Hall–Kier alpha value is -3.88. The first-order valence-corrected chi connectivity index (χ1v) is 9.69. The number of carboxylic acids is 2. The van der Waals surface area contributed by atoms with Crippen molar-refractivity contribution in [3.8, 4) is 5.75 Å². The third kappa shape index (κ3) is 7.46. The molecule has 2 amide bonds. The molecule has 0 aliphatic carbocycles. The molecule has 0 spiro atoms. The minimum Gasteiger partial charge on any atom is -0.480 e. The van der Waals surface area contributed by atoms with Gasteiger partial charge in [0.05, 0.1) is 5.56 Å². The topological polar surface area (TPSA) is 142 Å². The molecule has 0 fully saturated rings. The van der Waals surface area contributed by atoms with Gasteiger partial charge in [-0.1, -0.05) is 43.7 Å². The summed E-state index contributed by atoms with van der Waals surface area (Å²) in [5.41, 5.74) is 0.978. The van der Waals surface area contributed by atoms with E-state index in [1.165, 1.54) is 12.1 Å². The van der Waals surface area contributed by atoms with Crippen molar-refractivity contribution in [1.82, 2.24) is 10.6 Å². The SMILES string of the molecule is CCC[C@H](NC(=O)N[C@@H](Cc1ccc(OC(=O)c2ccccc2)cc1)C(=O)O)C(=O)O. The van der Waals surface area contributed by atoms with Gasteiger partial charge < -0.3 is 25.6 Å². The highest BCUT2D eigenvalue weighted by Gasteiger charge is 2.24. The summed E-state index contributed by atoms with van der Waals surface area (Å²) in [6.45, 7) is 1.77. The molecule has 0 aromatic heterocycles. The van der Waals surface area contributed by atoms with Crippen LogP contribution in [0, 0.1) is 0 Å². The highest BCUT2D eigenvalue weighted by atomic mass is 16.5. The Morgan fingerprint density at radius 2 is 1.45 bits per heavy atom. The zero-order valence-electron chi connectivity index (χ0n) is 16.9. The standard InChI is InChI=1S/C22H24N2O7/c1-2-6-17(19(25)26)23-22(30)24-18(20(27)28)13-14-9-11-16(12-10-14)31-21(29)15-7-4-3-5-8-15/h3-5,7-12,17-18H,2,6,13H2,1H3,(H,25,26)(H,27,28)(H2,23,24,30)/t17-,18-/m0/s1. The number of esters is 1. The first kappa shape index (κ1) is 23.4. The summed E-state index contributed by atoms with van der Waals surface area (Å²) in [4.78, 5) is 46.8. The Labute approximate surface area is 179 Å². The fraction of sp³-hybridized carbons (Fsp3) is 0.273. The number of hydrogen-bond acceptors (Lipinski definition) is 5. The average Bonchev–Trinajstić information content (AvgIpc) is 2.74. The molecule has 0 aliphatic rings. The number of carbonyl (C=O) groups excluding carboxylic acids is 2. The van der Waals surface area contributed by atoms with Gasteiger partial charge in [-0.05, 0) is 36.2 Å². The molecule has 0 aliphatic heterocycles. The van der Waals surface area contributed by atoms with Crippen LogP contribution in [0.3, 0.4) is 0 Å². The Kier molecular flexibility index (Phi) is 8.56. The van der Waals surface area contributed by atoms with Gasteiger partial charge in [0.15, 0.2) is 0 Å². The van der Waals surface area contributed by atoms with E-state index in [2.05, 4.69) is 10.6 Å². The maximum atomic E-state index is 12.1. The first-order valence-electron chi connectivity index (χ1n) is 9.69. The summed E-state index contributed by atoms with van der Waals surface area (Å²) in [6.07, 6.45) is 0.728. The summed E-state index contributed by atoms with van der Waals surface area (Å²) >= 11 is 0. The zero-order valence-corrected chi connectivity index (χ0v) is 16.9. The summed E-state index contributed by atoms with van der Waals surface area (Å²) in [7, 11) is 0. The predicted octanol–water partition coefficient (Wildman–Crippen LogP) is 2.45. The Morgan fingerprint density at radius 3 is 2.00 bits per heavy atom. The van der Waals surface area contributed by atoms with Crippen molar-refractivity contribution in [3.05, 3.63) is 65.7 Å². The highest BCUT2D eigenvalue weighted by molar-refractivity contribution is 5.91. The lowest BCUT2D eigenvalue weighted by Crippen LogP contribution is -2.51. The van der Waals surface area contributed by atoms with Crippen molar-refractivity contribution in [2.24, 2.45) is 0 Å². The third-order valence-electron chi connectivity index (χ3n) is 4.37. The Bertz CT molecular complexity index is 913. The maximum absolute atomic E-state index is 12.1. The van der Waals surface area contributed by atoms with E-state index in [9.17, 15) is 24.3 Å². The molecule has 9 heteroatoms. The van der Waals surface area contributed by atoms with Crippen LogP contribution in [-0.4, -0.2) is 46.2 Å². The van der Waals surface area contributed by atoms with E-state index >= 15 is 0 Å². The second kappa shape index (κ2) is 11.3. The van der Waals surface area contributed by atoms with Crippen LogP contribution in [-0.2, 0) is 16.0 Å². The van der Waals surface area contributed by atoms with Gasteiger partial charge in [0.1, 0.15) is 17.8 Å². The van der Waals surface area contributed by atoms with Crippen LogP contribution < -0.4 is 15.4 Å². The number of carbonyl (C=O) groups is 4. The van der Waals surface area contributed by atoms with E-state index in [0.717, 1.165) is 0 Å². The first-order chi connectivity index (χ1) is 14.8. The number of nitrogens with one attached hydrogen (secondary N) is 2. The van der Waals surface area contributed by atoms with Crippen molar-refractivity contribution >= 4 is 23.9 Å². The van der Waals surface area contributed by atoms with E-state index in [4.69, 9.17) is 9.84 Å². The van der Waals surface area contributed by atoms with E-state index in [0.29, 0.717) is 23.3 Å². The molecule has 9 nitrogen and oxygen atoms in total. The van der Waals surface area contributed by atoms with Gasteiger partial charge in [0.25, 0.3) is 0 Å². The van der Waals surface area contributed by atoms with Crippen LogP contribution in [0.4, 0.5) is 4.79 Å². The van der Waals surface area contributed by atoms with Gasteiger partial charge in [-0.25, -0.2) is 19.2 Å². The van der Waals surface area contributed by atoms with Crippen LogP contribution in [0.2, 0.25) is 0 Å². The zero-order chi connectivity index (χ0) is 22.8. The van der Waals surface area contributed by atoms with Crippen molar-refractivity contribution in [2.75, 3.05) is 0 Å². The fourth-order valence-electron chi connectivity index (χ4n) is 2.77. The minimum absolute atomic E-state index is 0.0405. The second-order valence-electron chi connectivity index (χ2n) is 6.79. The smallest absolute Gasteiger partial charge is 0.343 e. The molecule has 0 unspecified atom stereocenters. The molecule has 2 rings (SSSR count). The Morgan fingerprint density at radius 1 is 0.871 bits per heavy atom. The summed E-state index contributed by atoms with van der Waals surface area (Å²) < 4.78 is 5.27. The van der Waals surface area contributed by atoms with Crippen LogP contribution >= 0.6 is 0 Å². The lowest BCUT2D eigenvalue weighted by Gasteiger charge is -2.18. The van der Waals surface area contributed by atoms with Gasteiger partial charge in [0, 0.05) is 6.42 Å². The van der Waals surface area contributed by atoms with Crippen molar-refractivity contribution in [2.45, 2.75) is 38.3 Å². The van der Waals surface area contributed by atoms with E-state index in [-0.39, 0.29) is 12.8 Å². The second-order valence-corrected chi connectivity index (χ2v) is 6.79. The number of ether oxygens (including phenoxy) is 1. The fourth-order valence-corrected chi connectivity index (χ4v) is 2.77. The average molecular weight is 428 g/mol. The molecule has 2 atom stereocenters. The van der Waals surface area contributed by atoms with Gasteiger partial charge >= 0.3 is 23.9 Å². The lowest BCUT2D eigenvalue weighted by molar-refractivity contribution is -0.139. The molecular formula is C22H24N2O7. The molecule has 0 saturated carbocycles. The summed E-state index contributed by atoms with van der Waals surface area (Å²) in [6, 6.07) is 11.4. The third-order valence-corrected chi connectivity index (χ3v) is 4.37. The number of amides is 2. The number of benzene rings is 2. The Balaban J connectivity index is 1.97. The number of aliphatic carboxylic acids is 2. The normalized spacial score (nSPS) is 12.3.